The normalized spacial score (nSPS) is 12.2. The lowest BCUT2D eigenvalue weighted by atomic mass is 10.1. The second-order valence-corrected chi connectivity index (χ2v) is 4.81. The third-order valence-electron chi connectivity index (χ3n) is 3.42. The van der Waals surface area contributed by atoms with Crippen LogP contribution in [-0.2, 0) is 19.1 Å². The first-order valence-electron chi connectivity index (χ1n) is 7.41. The predicted octanol–water partition coefficient (Wildman–Crippen LogP) is 3.20. The zero-order chi connectivity index (χ0) is 17.2. The molecule has 0 N–H and O–H groups in total. The van der Waals surface area contributed by atoms with E-state index in [1.165, 1.54) is 7.11 Å². The summed E-state index contributed by atoms with van der Waals surface area (Å²) < 4.78 is 9.65. The van der Waals surface area contributed by atoms with Crippen LogP contribution in [0, 0.1) is 0 Å². The standard InChI is InChI=1S/C18H23NO4/c1-5-16(18(21)23-13-12-17(20)22-4)19(6-2)14(3)15-10-8-7-9-11-15/h5-11,14H,2,12-13H2,1,3-4H3/b16-5-/t14-/m1/s1. The Hall–Kier alpha value is -2.56. The van der Waals surface area contributed by atoms with Gasteiger partial charge >= 0.3 is 11.9 Å². The van der Waals surface area contributed by atoms with Crippen molar-refractivity contribution in [2.24, 2.45) is 0 Å². The molecular weight excluding hydrogens is 294 g/mol. The molecule has 1 atom stereocenters. The van der Waals surface area contributed by atoms with Crippen molar-refractivity contribution >= 4 is 11.9 Å². The Morgan fingerprint density at radius 3 is 2.48 bits per heavy atom. The van der Waals surface area contributed by atoms with Crippen LogP contribution in [0.25, 0.3) is 0 Å². The van der Waals surface area contributed by atoms with Crippen LogP contribution in [0.1, 0.15) is 31.9 Å². The van der Waals surface area contributed by atoms with E-state index in [1.807, 2.05) is 37.3 Å². The number of carbonyl (C=O) groups is 2. The van der Waals surface area contributed by atoms with E-state index in [9.17, 15) is 9.59 Å². The highest BCUT2D eigenvalue weighted by Gasteiger charge is 2.22. The first-order valence-corrected chi connectivity index (χ1v) is 7.41. The van der Waals surface area contributed by atoms with Crippen LogP contribution in [0.4, 0.5) is 0 Å². The summed E-state index contributed by atoms with van der Waals surface area (Å²) >= 11 is 0. The number of ether oxygens (including phenoxy) is 2. The molecule has 0 radical (unpaired) electrons. The summed E-state index contributed by atoms with van der Waals surface area (Å²) in [4.78, 5) is 25.1. The highest BCUT2D eigenvalue weighted by atomic mass is 16.5. The molecular formula is C18H23NO4. The quantitative estimate of drug-likeness (QED) is 0.544. The van der Waals surface area contributed by atoms with Gasteiger partial charge in [0.2, 0.25) is 0 Å². The minimum Gasteiger partial charge on any atom is -0.469 e. The second kappa shape index (κ2) is 9.46. The van der Waals surface area contributed by atoms with Crippen molar-refractivity contribution in [1.82, 2.24) is 4.90 Å². The molecule has 0 aliphatic rings. The molecule has 124 valence electrons. The summed E-state index contributed by atoms with van der Waals surface area (Å²) in [6, 6.07) is 9.71. The first kappa shape index (κ1) is 18.5. The number of carbonyl (C=O) groups excluding carboxylic acids is 2. The number of methoxy groups -OCH3 is 1. The number of allylic oxidation sites excluding steroid dienone is 1. The fraction of sp³-hybridized carbons (Fsp3) is 0.333. The minimum absolute atomic E-state index is 0.0203. The summed E-state index contributed by atoms with van der Waals surface area (Å²) in [5.74, 6) is -0.919. The monoisotopic (exact) mass is 317 g/mol. The van der Waals surface area contributed by atoms with Gasteiger partial charge in [0.25, 0.3) is 0 Å². The maximum absolute atomic E-state index is 12.2. The summed E-state index contributed by atoms with van der Waals surface area (Å²) in [5.41, 5.74) is 1.43. The van der Waals surface area contributed by atoms with Gasteiger partial charge in [-0.25, -0.2) is 4.79 Å². The van der Waals surface area contributed by atoms with Gasteiger partial charge in [0.05, 0.1) is 19.6 Å². The van der Waals surface area contributed by atoms with Gasteiger partial charge < -0.3 is 14.4 Å². The fourth-order valence-corrected chi connectivity index (χ4v) is 2.13. The second-order valence-electron chi connectivity index (χ2n) is 4.81. The molecule has 0 aromatic heterocycles. The van der Waals surface area contributed by atoms with Gasteiger partial charge in [0.15, 0.2) is 0 Å². The summed E-state index contributed by atoms with van der Waals surface area (Å²) in [6.45, 7) is 7.49. The van der Waals surface area contributed by atoms with E-state index in [4.69, 9.17) is 4.74 Å². The van der Waals surface area contributed by atoms with Gasteiger partial charge in [-0.05, 0) is 25.6 Å². The van der Waals surface area contributed by atoms with Crippen LogP contribution in [0.3, 0.4) is 0 Å². The van der Waals surface area contributed by atoms with Gasteiger partial charge in [0.1, 0.15) is 12.3 Å². The number of benzene rings is 1. The molecule has 0 spiro atoms. The molecule has 0 heterocycles. The number of hydrogen-bond donors (Lipinski definition) is 0. The van der Waals surface area contributed by atoms with Gasteiger partial charge in [-0.1, -0.05) is 43.0 Å². The number of hydrogen-bond acceptors (Lipinski definition) is 5. The van der Waals surface area contributed by atoms with Gasteiger partial charge in [-0.3, -0.25) is 4.79 Å². The fourth-order valence-electron chi connectivity index (χ4n) is 2.13. The Morgan fingerprint density at radius 2 is 1.96 bits per heavy atom. The molecule has 0 saturated carbocycles. The van der Waals surface area contributed by atoms with Gasteiger partial charge in [-0.2, -0.15) is 0 Å². The molecule has 1 rings (SSSR count). The minimum atomic E-state index is -0.501. The maximum Gasteiger partial charge on any atom is 0.354 e. The summed E-state index contributed by atoms with van der Waals surface area (Å²) in [5, 5.41) is 0. The molecule has 0 amide bonds. The molecule has 0 unspecified atom stereocenters. The third-order valence-corrected chi connectivity index (χ3v) is 3.42. The smallest absolute Gasteiger partial charge is 0.354 e. The summed E-state index contributed by atoms with van der Waals surface area (Å²) in [6.07, 6.45) is 3.29. The molecule has 1 aromatic carbocycles. The average Bonchev–Trinajstić information content (AvgIpc) is 2.59. The Kier molecular flexibility index (Phi) is 7.60. The van der Waals surface area contributed by atoms with Crippen molar-refractivity contribution < 1.29 is 19.1 Å². The zero-order valence-corrected chi connectivity index (χ0v) is 13.8. The van der Waals surface area contributed by atoms with E-state index in [0.29, 0.717) is 5.70 Å². The highest BCUT2D eigenvalue weighted by Crippen LogP contribution is 2.25. The molecule has 0 bridgehead atoms. The zero-order valence-electron chi connectivity index (χ0n) is 13.8. The van der Waals surface area contributed by atoms with Crippen LogP contribution >= 0.6 is 0 Å². The molecule has 23 heavy (non-hydrogen) atoms. The number of rotatable bonds is 8. The molecule has 0 aliphatic heterocycles. The van der Waals surface area contributed by atoms with E-state index >= 15 is 0 Å². The van der Waals surface area contributed by atoms with Crippen LogP contribution in [0.15, 0.2) is 54.9 Å². The average molecular weight is 317 g/mol. The highest BCUT2D eigenvalue weighted by molar-refractivity contribution is 5.88. The Labute approximate surface area is 137 Å². The van der Waals surface area contributed by atoms with Crippen LogP contribution in [-0.4, -0.2) is 30.6 Å². The number of esters is 2. The van der Waals surface area contributed by atoms with Crippen molar-refractivity contribution in [3.8, 4) is 0 Å². The lowest BCUT2D eigenvalue weighted by molar-refractivity contribution is -0.146. The summed E-state index contributed by atoms with van der Waals surface area (Å²) in [7, 11) is 1.29. The largest absolute Gasteiger partial charge is 0.469 e. The number of nitrogens with zero attached hydrogens (tertiary/aromatic N) is 1. The maximum atomic E-state index is 12.2. The third kappa shape index (κ3) is 5.29. The molecule has 1 aromatic rings. The first-order chi connectivity index (χ1) is 11.0. The molecule has 0 fully saturated rings. The van der Waals surface area contributed by atoms with Gasteiger partial charge in [0, 0.05) is 0 Å². The van der Waals surface area contributed by atoms with Gasteiger partial charge in [-0.15, -0.1) is 0 Å². The van der Waals surface area contributed by atoms with Crippen LogP contribution in [0.2, 0.25) is 0 Å². The van der Waals surface area contributed by atoms with E-state index in [2.05, 4.69) is 11.3 Å². The molecule has 0 saturated heterocycles. The van der Waals surface area contributed by atoms with Crippen LogP contribution < -0.4 is 0 Å². The Balaban J connectivity index is 2.79. The topological polar surface area (TPSA) is 55.8 Å². The molecule has 5 nitrogen and oxygen atoms in total. The lowest BCUT2D eigenvalue weighted by Crippen LogP contribution is -2.27. The van der Waals surface area contributed by atoms with Crippen molar-refractivity contribution in [1.29, 1.82) is 0 Å². The Morgan fingerprint density at radius 1 is 1.30 bits per heavy atom. The van der Waals surface area contributed by atoms with E-state index in [-0.39, 0.29) is 19.1 Å². The molecule has 0 aliphatic carbocycles. The van der Waals surface area contributed by atoms with Crippen molar-refractivity contribution in [3.05, 3.63) is 60.4 Å². The lowest BCUT2D eigenvalue weighted by Gasteiger charge is -2.29. The van der Waals surface area contributed by atoms with E-state index in [0.717, 1.165) is 5.56 Å². The SMILES string of the molecule is C=CN(/C(=C\C)C(=O)OCCC(=O)OC)[C@H](C)c1ccccc1. The van der Waals surface area contributed by atoms with Crippen LogP contribution in [0.5, 0.6) is 0 Å². The molecule has 5 heteroatoms. The van der Waals surface area contributed by atoms with Crippen molar-refractivity contribution in [3.63, 3.8) is 0 Å². The van der Waals surface area contributed by atoms with Crippen molar-refractivity contribution in [2.75, 3.05) is 13.7 Å². The predicted molar refractivity (Wildman–Crippen MR) is 88.2 cm³/mol. The van der Waals surface area contributed by atoms with E-state index in [1.54, 1.807) is 24.1 Å². The van der Waals surface area contributed by atoms with E-state index < -0.39 is 11.9 Å². The van der Waals surface area contributed by atoms with Crippen molar-refractivity contribution in [2.45, 2.75) is 26.3 Å². The Bertz CT molecular complexity index is 566.